The van der Waals surface area contributed by atoms with E-state index in [-0.39, 0.29) is 25.2 Å². The lowest BCUT2D eigenvalue weighted by Gasteiger charge is -2.25. The molecule has 1 saturated carbocycles. The summed E-state index contributed by atoms with van der Waals surface area (Å²) in [5.74, 6) is -2.33. The number of carbonyl (C=O) groups excluding carboxylic acids is 1. The van der Waals surface area contributed by atoms with Crippen molar-refractivity contribution >= 4 is 17.8 Å². The van der Waals surface area contributed by atoms with Crippen LogP contribution in [-0.2, 0) is 14.4 Å². The monoisotopic (exact) mass is 243 g/mol. The fraction of sp³-hybridized carbons (Fsp3) is 0.727. The predicted octanol–water partition coefficient (Wildman–Crippen LogP) is 0.755. The molecule has 0 saturated heterocycles. The first kappa shape index (κ1) is 13.5. The maximum absolute atomic E-state index is 11.5. The number of hydrogen-bond donors (Lipinski definition) is 3. The number of carboxylic acid groups (broad SMARTS) is 2. The number of nitrogens with one attached hydrogen (secondary N) is 1. The highest BCUT2D eigenvalue weighted by Crippen LogP contribution is 2.30. The quantitative estimate of drug-likeness (QED) is 0.638. The molecule has 0 bridgehead atoms. The lowest BCUT2D eigenvalue weighted by molar-refractivity contribution is -0.147. The van der Waals surface area contributed by atoms with Gasteiger partial charge in [-0.2, -0.15) is 0 Å². The average molecular weight is 243 g/mol. The maximum Gasteiger partial charge on any atom is 0.329 e. The fourth-order valence-electron chi connectivity index (χ4n) is 2.10. The first-order valence-corrected chi connectivity index (χ1v) is 5.72. The normalized spacial score (nSPS) is 17.6. The van der Waals surface area contributed by atoms with Crippen LogP contribution in [-0.4, -0.2) is 33.6 Å². The summed E-state index contributed by atoms with van der Waals surface area (Å²) in [6.45, 7) is 0. The summed E-state index contributed by atoms with van der Waals surface area (Å²) < 4.78 is 0. The molecule has 6 heteroatoms. The van der Waals surface area contributed by atoms with E-state index in [4.69, 9.17) is 10.2 Å². The van der Waals surface area contributed by atoms with E-state index in [9.17, 15) is 14.4 Å². The van der Waals surface area contributed by atoms with E-state index in [0.29, 0.717) is 12.8 Å². The summed E-state index contributed by atoms with van der Waals surface area (Å²) in [7, 11) is 0. The van der Waals surface area contributed by atoms with Crippen molar-refractivity contribution in [2.45, 2.75) is 50.5 Å². The van der Waals surface area contributed by atoms with Gasteiger partial charge >= 0.3 is 11.9 Å². The first-order chi connectivity index (χ1) is 7.96. The van der Waals surface area contributed by atoms with Crippen LogP contribution in [0, 0.1) is 0 Å². The molecule has 1 rings (SSSR count). The number of rotatable bonds is 6. The van der Waals surface area contributed by atoms with Gasteiger partial charge < -0.3 is 15.5 Å². The molecular weight excluding hydrogens is 226 g/mol. The van der Waals surface area contributed by atoms with E-state index in [2.05, 4.69) is 5.32 Å². The Hall–Kier alpha value is -1.59. The van der Waals surface area contributed by atoms with Crippen LogP contribution in [0.4, 0.5) is 0 Å². The fourth-order valence-corrected chi connectivity index (χ4v) is 2.10. The van der Waals surface area contributed by atoms with E-state index >= 15 is 0 Å². The zero-order valence-corrected chi connectivity index (χ0v) is 9.57. The molecule has 0 atom stereocenters. The van der Waals surface area contributed by atoms with Crippen LogP contribution in [0.2, 0.25) is 0 Å². The second-order valence-corrected chi connectivity index (χ2v) is 4.39. The Balaban J connectivity index is 2.43. The highest BCUT2D eigenvalue weighted by molar-refractivity contribution is 5.87. The highest BCUT2D eigenvalue weighted by atomic mass is 16.4. The molecule has 0 radical (unpaired) electrons. The average Bonchev–Trinajstić information content (AvgIpc) is 2.66. The molecule has 3 N–H and O–H groups in total. The number of amides is 1. The summed E-state index contributed by atoms with van der Waals surface area (Å²) in [5, 5.41) is 20.1. The van der Waals surface area contributed by atoms with Crippen molar-refractivity contribution in [2.24, 2.45) is 0 Å². The number of carbonyl (C=O) groups is 3. The van der Waals surface area contributed by atoms with Gasteiger partial charge in [0.1, 0.15) is 5.54 Å². The highest BCUT2D eigenvalue weighted by Gasteiger charge is 2.42. The Kier molecular flexibility index (Phi) is 4.48. The third kappa shape index (κ3) is 3.72. The predicted molar refractivity (Wildman–Crippen MR) is 58.5 cm³/mol. The summed E-state index contributed by atoms with van der Waals surface area (Å²) in [6.07, 6.45) is 2.70. The number of aliphatic carboxylic acids is 2. The molecule has 1 aliphatic carbocycles. The van der Waals surface area contributed by atoms with Crippen molar-refractivity contribution in [3.8, 4) is 0 Å². The maximum atomic E-state index is 11.5. The van der Waals surface area contributed by atoms with Gasteiger partial charge in [-0.3, -0.25) is 9.59 Å². The van der Waals surface area contributed by atoms with E-state index in [1.54, 1.807) is 0 Å². The SMILES string of the molecule is O=C(O)CCCC(=O)NC1(C(=O)O)CCCC1. The second-order valence-electron chi connectivity index (χ2n) is 4.39. The molecule has 1 fully saturated rings. The lowest BCUT2D eigenvalue weighted by Crippen LogP contribution is -2.52. The summed E-state index contributed by atoms with van der Waals surface area (Å²) >= 11 is 0. The van der Waals surface area contributed by atoms with Crippen molar-refractivity contribution in [3.05, 3.63) is 0 Å². The zero-order valence-electron chi connectivity index (χ0n) is 9.57. The lowest BCUT2D eigenvalue weighted by atomic mass is 9.97. The minimum atomic E-state index is -1.12. The van der Waals surface area contributed by atoms with Crippen LogP contribution in [0.5, 0.6) is 0 Å². The molecule has 0 aromatic carbocycles. The molecule has 0 heterocycles. The Morgan fingerprint density at radius 3 is 2.12 bits per heavy atom. The van der Waals surface area contributed by atoms with Gasteiger partial charge in [0.2, 0.25) is 5.91 Å². The Bertz CT molecular complexity index is 320. The van der Waals surface area contributed by atoms with Gasteiger partial charge in [-0.1, -0.05) is 12.8 Å². The van der Waals surface area contributed by atoms with Crippen molar-refractivity contribution in [1.82, 2.24) is 5.32 Å². The largest absolute Gasteiger partial charge is 0.481 e. The Labute approximate surface area is 99.0 Å². The van der Waals surface area contributed by atoms with Crippen LogP contribution in [0.3, 0.4) is 0 Å². The smallest absolute Gasteiger partial charge is 0.329 e. The summed E-state index contributed by atoms with van der Waals surface area (Å²) in [4.78, 5) is 32.9. The van der Waals surface area contributed by atoms with E-state index in [1.165, 1.54) is 0 Å². The van der Waals surface area contributed by atoms with Crippen LogP contribution in [0.25, 0.3) is 0 Å². The van der Waals surface area contributed by atoms with Crippen LogP contribution >= 0.6 is 0 Å². The second kappa shape index (κ2) is 5.65. The minimum Gasteiger partial charge on any atom is -0.481 e. The molecule has 0 aliphatic heterocycles. The molecular formula is C11H17NO5. The molecule has 0 unspecified atom stereocenters. The van der Waals surface area contributed by atoms with Crippen molar-refractivity contribution < 1.29 is 24.6 Å². The number of hydrogen-bond acceptors (Lipinski definition) is 3. The molecule has 1 amide bonds. The third-order valence-electron chi connectivity index (χ3n) is 3.04. The van der Waals surface area contributed by atoms with E-state index < -0.39 is 17.5 Å². The van der Waals surface area contributed by atoms with Crippen molar-refractivity contribution in [3.63, 3.8) is 0 Å². The molecule has 17 heavy (non-hydrogen) atoms. The van der Waals surface area contributed by atoms with Crippen molar-refractivity contribution in [2.75, 3.05) is 0 Å². The zero-order chi connectivity index (χ0) is 12.9. The van der Waals surface area contributed by atoms with Gasteiger partial charge in [0, 0.05) is 12.8 Å². The van der Waals surface area contributed by atoms with Gasteiger partial charge in [-0.05, 0) is 19.3 Å². The van der Waals surface area contributed by atoms with Crippen LogP contribution in [0.15, 0.2) is 0 Å². The first-order valence-electron chi connectivity index (χ1n) is 5.72. The van der Waals surface area contributed by atoms with Crippen LogP contribution in [0.1, 0.15) is 44.9 Å². The molecule has 0 aromatic heterocycles. The van der Waals surface area contributed by atoms with Crippen LogP contribution < -0.4 is 5.32 Å². The van der Waals surface area contributed by atoms with E-state index in [0.717, 1.165) is 12.8 Å². The topological polar surface area (TPSA) is 104 Å². The summed E-state index contributed by atoms with van der Waals surface area (Å²) in [6, 6.07) is 0. The Morgan fingerprint density at radius 2 is 1.65 bits per heavy atom. The van der Waals surface area contributed by atoms with Gasteiger partial charge in [0.15, 0.2) is 0 Å². The molecule has 0 spiro atoms. The molecule has 6 nitrogen and oxygen atoms in total. The molecule has 96 valence electrons. The standard InChI is InChI=1S/C11H17NO5/c13-8(4-3-5-9(14)15)12-11(10(16)17)6-1-2-7-11/h1-7H2,(H,12,13)(H,14,15)(H,16,17). The minimum absolute atomic E-state index is 0.0569. The van der Waals surface area contributed by atoms with Gasteiger partial charge in [-0.25, -0.2) is 4.79 Å². The van der Waals surface area contributed by atoms with E-state index in [1.807, 2.05) is 0 Å². The van der Waals surface area contributed by atoms with Crippen molar-refractivity contribution in [1.29, 1.82) is 0 Å². The Morgan fingerprint density at radius 1 is 1.06 bits per heavy atom. The van der Waals surface area contributed by atoms with Gasteiger partial charge in [0.25, 0.3) is 0 Å². The van der Waals surface area contributed by atoms with Gasteiger partial charge in [-0.15, -0.1) is 0 Å². The summed E-state index contributed by atoms with van der Waals surface area (Å²) in [5.41, 5.74) is -1.12. The number of carboxylic acids is 2. The third-order valence-corrected chi connectivity index (χ3v) is 3.04. The molecule has 1 aliphatic rings. The van der Waals surface area contributed by atoms with Gasteiger partial charge in [0.05, 0.1) is 0 Å². The molecule has 0 aromatic rings.